The first-order valence-corrected chi connectivity index (χ1v) is 15.9. The predicted octanol–water partition coefficient (Wildman–Crippen LogP) is 11.8. The maximum Gasteiger partial charge on any atom is 0.172 e. The molecule has 47 heavy (non-hydrogen) atoms. The zero-order valence-electron chi connectivity index (χ0n) is 25.6. The maximum atomic E-state index is 6.29. The summed E-state index contributed by atoms with van der Waals surface area (Å²) < 4.78 is 17.1. The summed E-state index contributed by atoms with van der Waals surface area (Å²) in [4.78, 5) is 0. The van der Waals surface area contributed by atoms with Crippen LogP contribution in [-0.4, -0.2) is 9.13 Å². The van der Waals surface area contributed by atoms with Gasteiger partial charge < -0.3 is 18.6 Å². The van der Waals surface area contributed by atoms with Crippen LogP contribution in [0, 0.1) is 6.92 Å². The van der Waals surface area contributed by atoms with Gasteiger partial charge in [0, 0.05) is 33.3 Å². The molecule has 1 aliphatic rings. The Morgan fingerprint density at radius 1 is 0.362 bits per heavy atom. The lowest BCUT2D eigenvalue weighted by atomic mass is 10.0. The van der Waals surface area contributed by atoms with Gasteiger partial charge in [-0.25, -0.2) is 0 Å². The highest BCUT2D eigenvalue weighted by atomic mass is 16.6. The SMILES string of the molecule is Cc1ccc2c(c1)c1cc(-c3ccc4c(c3)c3ccccc3n4-c3ccccc3)ccc1n2-c1ccc2c(c1)Oc1ccccc1O2. The van der Waals surface area contributed by atoms with Crippen LogP contribution in [0.25, 0.3) is 66.1 Å². The third kappa shape index (κ3) is 3.95. The van der Waals surface area contributed by atoms with E-state index in [1.54, 1.807) is 0 Å². The van der Waals surface area contributed by atoms with Gasteiger partial charge >= 0.3 is 0 Å². The van der Waals surface area contributed by atoms with Gasteiger partial charge in [-0.1, -0.05) is 72.3 Å². The number of fused-ring (bicyclic) bond motifs is 8. The second-order valence-electron chi connectivity index (χ2n) is 12.3. The quantitative estimate of drug-likeness (QED) is 0.201. The molecule has 7 aromatic carbocycles. The van der Waals surface area contributed by atoms with Crippen LogP contribution >= 0.6 is 0 Å². The molecule has 9 aromatic rings. The molecule has 0 saturated carbocycles. The highest BCUT2D eigenvalue weighted by Crippen LogP contribution is 2.46. The van der Waals surface area contributed by atoms with Crippen LogP contribution in [0.15, 0.2) is 152 Å². The van der Waals surface area contributed by atoms with E-state index in [4.69, 9.17) is 9.47 Å². The average Bonchev–Trinajstić information content (AvgIpc) is 3.62. The number of aromatic nitrogens is 2. The molecule has 0 amide bonds. The number of rotatable bonds is 3. The topological polar surface area (TPSA) is 28.3 Å². The van der Waals surface area contributed by atoms with E-state index in [1.165, 1.54) is 55.0 Å². The minimum Gasteiger partial charge on any atom is -0.450 e. The Balaban J connectivity index is 1.14. The fourth-order valence-electron chi connectivity index (χ4n) is 7.26. The van der Waals surface area contributed by atoms with Gasteiger partial charge in [0.2, 0.25) is 0 Å². The van der Waals surface area contributed by atoms with E-state index in [1.807, 2.05) is 30.3 Å². The molecular weight excluding hydrogens is 576 g/mol. The normalized spacial score (nSPS) is 12.3. The first-order valence-electron chi connectivity index (χ1n) is 15.9. The molecule has 4 nitrogen and oxygen atoms in total. The molecule has 10 rings (SSSR count). The molecule has 222 valence electrons. The summed E-state index contributed by atoms with van der Waals surface area (Å²) in [6, 6.07) is 53.7. The van der Waals surface area contributed by atoms with Crippen LogP contribution in [0.2, 0.25) is 0 Å². The maximum absolute atomic E-state index is 6.29. The summed E-state index contributed by atoms with van der Waals surface area (Å²) in [6.45, 7) is 2.16. The number of benzene rings is 7. The van der Waals surface area contributed by atoms with Crippen LogP contribution in [0.3, 0.4) is 0 Å². The lowest BCUT2D eigenvalue weighted by Gasteiger charge is -2.21. The highest BCUT2D eigenvalue weighted by molar-refractivity contribution is 6.12. The van der Waals surface area contributed by atoms with Crippen LogP contribution in [0.1, 0.15) is 5.56 Å². The fraction of sp³-hybridized carbons (Fsp3) is 0.0233. The summed E-state index contributed by atoms with van der Waals surface area (Å²) >= 11 is 0. The fourth-order valence-corrected chi connectivity index (χ4v) is 7.26. The summed E-state index contributed by atoms with van der Waals surface area (Å²) in [5.41, 5.74) is 10.5. The Morgan fingerprint density at radius 2 is 0.894 bits per heavy atom. The zero-order chi connectivity index (χ0) is 31.1. The van der Waals surface area contributed by atoms with E-state index in [0.29, 0.717) is 5.75 Å². The van der Waals surface area contributed by atoms with Gasteiger partial charge in [0.1, 0.15) is 0 Å². The first kappa shape index (κ1) is 26.0. The molecule has 0 atom stereocenters. The minimum atomic E-state index is 0.711. The van der Waals surface area contributed by atoms with Crippen molar-refractivity contribution in [2.45, 2.75) is 6.92 Å². The van der Waals surface area contributed by atoms with Crippen molar-refractivity contribution in [1.82, 2.24) is 9.13 Å². The molecule has 0 N–H and O–H groups in total. The molecule has 4 heteroatoms. The number of hydrogen-bond donors (Lipinski definition) is 0. The Morgan fingerprint density at radius 3 is 1.64 bits per heavy atom. The van der Waals surface area contributed by atoms with Gasteiger partial charge in [0.15, 0.2) is 23.0 Å². The van der Waals surface area contributed by atoms with Gasteiger partial charge in [-0.2, -0.15) is 0 Å². The second-order valence-corrected chi connectivity index (χ2v) is 12.3. The Hall–Kier alpha value is -6.26. The third-order valence-electron chi connectivity index (χ3n) is 9.42. The number of hydrogen-bond acceptors (Lipinski definition) is 2. The van der Waals surface area contributed by atoms with Crippen molar-refractivity contribution < 1.29 is 9.47 Å². The number of aryl methyl sites for hydroxylation is 1. The van der Waals surface area contributed by atoms with Crippen molar-refractivity contribution in [2.24, 2.45) is 0 Å². The van der Waals surface area contributed by atoms with E-state index in [9.17, 15) is 0 Å². The van der Waals surface area contributed by atoms with Crippen molar-refractivity contribution in [2.75, 3.05) is 0 Å². The summed E-state index contributed by atoms with van der Waals surface area (Å²) in [7, 11) is 0. The number of ether oxygens (including phenoxy) is 2. The van der Waals surface area contributed by atoms with Crippen LogP contribution < -0.4 is 9.47 Å². The molecule has 0 saturated heterocycles. The van der Waals surface area contributed by atoms with E-state index in [0.717, 1.165) is 34.0 Å². The molecule has 0 radical (unpaired) electrons. The van der Waals surface area contributed by atoms with Gasteiger partial charge in [-0.3, -0.25) is 0 Å². The van der Waals surface area contributed by atoms with E-state index in [2.05, 4.69) is 137 Å². The monoisotopic (exact) mass is 604 g/mol. The van der Waals surface area contributed by atoms with Gasteiger partial charge in [-0.05, 0) is 96.9 Å². The summed E-state index contributed by atoms with van der Waals surface area (Å²) in [5, 5.41) is 4.94. The molecule has 0 spiro atoms. The van der Waals surface area contributed by atoms with E-state index >= 15 is 0 Å². The molecule has 1 aliphatic heterocycles. The van der Waals surface area contributed by atoms with Gasteiger partial charge in [0.05, 0.1) is 27.8 Å². The molecule has 3 heterocycles. The van der Waals surface area contributed by atoms with E-state index in [-0.39, 0.29) is 0 Å². The smallest absolute Gasteiger partial charge is 0.172 e. The standard InChI is InChI=1S/C43H28N2O2/c1-27-15-19-37-33(23-27)35-25-29(17-21-39(35)45(37)31-18-22-42-43(26-31)47-41-14-8-7-13-40(41)46-42)28-16-20-38-34(24-28)32-11-5-6-12-36(32)44(38)30-9-3-2-4-10-30/h2-26H,1H3. The lowest BCUT2D eigenvalue weighted by Crippen LogP contribution is -2.01. The number of para-hydroxylation sites is 4. The van der Waals surface area contributed by atoms with Crippen LogP contribution in [-0.2, 0) is 0 Å². The average molecular weight is 605 g/mol. The van der Waals surface area contributed by atoms with Crippen molar-refractivity contribution in [3.8, 4) is 45.5 Å². The van der Waals surface area contributed by atoms with Crippen molar-refractivity contribution in [1.29, 1.82) is 0 Å². The molecule has 2 aromatic heterocycles. The lowest BCUT2D eigenvalue weighted by molar-refractivity contribution is 0.359. The molecule has 0 bridgehead atoms. The molecule has 0 unspecified atom stereocenters. The largest absolute Gasteiger partial charge is 0.450 e. The first-order chi connectivity index (χ1) is 23.2. The third-order valence-corrected chi connectivity index (χ3v) is 9.42. The molecule has 0 fully saturated rings. The summed E-state index contributed by atoms with van der Waals surface area (Å²) in [6.07, 6.45) is 0. The highest BCUT2D eigenvalue weighted by Gasteiger charge is 2.21. The Labute approximate surface area is 271 Å². The van der Waals surface area contributed by atoms with Crippen molar-refractivity contribution in [3.05, 3.63) is 157 Å². The Bertz CT molecular complexity index is 2700. The van der Waals surface area contributed by atoms with Crippen molar-refractivity contribution in [3.63, 3.8) is 0 Å². The summed E-state index contributed by atoms with van der Waals surface area (Å²) in [5.74, 6) is 2.89. The molecular formula is C43H28N2O2. The Kier molecular flexibility index (Phi) is 5.46. The zero-order valence-corrected chi connectivity index (χ0v) is 25.6. The molecule has 0 aliphatic carbocycles. The van der Waals surface area contributed by atoms with Crippen LogP contribution in [0.5, 0.6) is 23.0 Å². The van der Waals surface area contributed by atoms with Gasteiger partial charge in [-0.15, -0.1) is 0 Å². The van der Waals surface area contributed by atoms with E-state index < -0.39 is 0 Å². The number of nitrogens with zero attached hydrogens (tertiary/aromatic N) is 2. The van der Waals surface area contributed by atoms with Gasteiger partial charge in [0.25, 0.3) is 0 Å². The van der Waals surface area contributed by atoms with Crippen molar-refractivity contribution >= 4 is 43.6 Å². The second kappa shape index (κ2) is 9.87. The predicted molar refractivity (Wildman–Crippen MR) is 192 cm³/mol. The minimum absolute atomic E-state index is 0.711. The van der Waals surface area contributed by atoms with Crippen LogP contribution in [0.4, 0.5) is 0 Å².